The second kappa shape index (κ2) is 7.81. The Morgan fingerprint density at radius 1 is 1.44 bits per heavy atom. The smallest absolute Gasteiger partial charge is 0.411 e. The van der Waals surface area contributed by atoms with Gasteiger partial charge in [-0.15, -0.1) is 12.4 Å². The fraction of sp³-hybridized carbons (Fsp3) is 0.900. The maximum Gasteiger partial charge on any atom is 0.411 e. The Morgan fingerprint density at radius 2 is 2.11 bits per heavy atom. The van der Waals surface area contributed by atoms with Gasteiger partial charge >= 0.3 is 12.1 Å². The zero-order chi connectivity index (χ0) is 12.9. The molecule has 0 saturated carbocycles. The summed E-state index contributed by atoms with van der Waals surface area (Å²) in [6.07, 6.45) is -2.45. The first-order chi connectivity index (χ1) is 7.90. The van der Waals surface area contributed by atoms with Crippen LogP contribution < -0.4 is 0 Å². The molecule has 1 N–H and O–H groups in total. The molecule has 4 nitrogen and oxygen atoms in total. The van der Waals surface area contributed by atoms with E-state index in [1.807, 2.05) is 0 Å². The molecular weight excluding hydrogens is 275 g/mol. The van der Waals surface area contributed by atoms with Crippen molar-refractivity contribution in [1.82, 2.24) is 4.90 Å². The maximum absolute atomic E-state index is 11.7. The molecule has 0 aromatic heterocycles. The first kappa shape index (κ1) is 17.5. The normalized spacial score (nSPS) is 20.7. The van der Waals surface area contributed by atoms with Crippen molar-refractivity contribution < 1.29 is 27.8 Å². The van der Waals surface area contributed by atoms with Crippen LogP contribution in [0.25, 0.3) is 0 Å². The van der Waals surface area contributed by atoms with E-state index in [4.69, 9.17) is 5.11 Å². The van der Waals surface area contributed by atoms with Gasteiger partial charge in [-0.2, -0.15) is 13.2 Å². The summed E-state index contributed by atoms with van der Waals surface area (Å²) in [7, 11) is 0. The van der Waals surface area contributed by atoms with Crippen LogP contribution in [0.5, 0.6) is 0 Å². The summed E-state index contributed by atoms with van der Waals surface area (Å²) < 4.78 is 39.7. The number of alkyl halides is 3. The first-order valence-corrected chi connectivity index (χ1v) is 5.51. The number of carbonyl (C=O) groups is 1. The molecule has 1 aliphatic rings. The van der Waals surface area contributed by atoms with Gasteiger partial charge in [0.15, 0.2) is 0 Å². The number of carboxylic acid groups (broad SMARTS) is 1. The second-order valence-electron chi connectivity index (χ2n) is 4.05. The number of likely N-dealkylation sites (tertiary alicyclic amines) is 1. The molecule has 0 radical (unpaired) electrons. The summed E-state index contributed by atoms with van der Waals surface area (Å²) >= 11 is 0. The molecular formula is C10H17ClF3NO3. The third kappa shape index (κ3) is 6.42. The lowest BCUT2D eigenvalue weighted by molar-refractivity contribution is -0.174. The summed E-state index contributed by atoms with van der Waals surface area (Å²) in [5.41, 5.74) is 0. The molecule has 1 saturated heterocycles. The monoisotopic (exact) mass is 291 g/mol. The Labute approximate surface area is 109 Å². The van der Waals surface area contributed by atoms with Gasteiger partial charge in [0, 0.05) is 13.2 Å². The lowest BCUT2D eigenvalue weighted by Crippen LogP contribution is -2.36. The molecule has 0 spiro atoms. The number of hydrogen-bond donors (Lipinski definition) is 1. The quantitative estimate of drug-likeness (QED) is 0.760. The third-order valence-corrected chi connectivity index (χ3v) is 2.65. The summed E-state index contributed by atoms with van der Waals surface area (Å²) in [5.74, 6) is -0.862. The van der Waals surface area contributed by atoms with Gasteiger partial charge in [-0.05, 0) is 25.8 Å². The molecule has 0 aromatic carbocycles. The molecule has 1 heterocycles. The molecule has 0 amide bonds. The number of ether oxygens (including phenoxy) is 1. The minimum atomic E-state index is -4.29. The van der Waals surface area contributed by atoms with Crippen LogP contribution in [0.15, 0.2) is 0 Å². The summed E-state index contributed by atoms with van der Waals surface area (Å²) in [6.45, 7) is -0.0806. The van der Waals surface area contributed by atoms with Gasteiger partial charge in [-0.3, -0.25) is 9.69 Å². The van der Waals surface area contributed by atoms with E-state index in [1.54, 1.807) is 4.90 Å². The van der Waals surface area contributed by atoms with Crippen molar-refractivity contribution in [2.24, 2.45) is 0 Å². The minimum Gasteiger partial charge on any atom is -0.480 e. The van der Waals surface area contributed by atoms with Gasteiger partial charge < -0.3 is 9.84 Å². The second-order valence-corrected chi connectivity index (χ2v) is 4.05. The van der Waals surface area contributed by atoms with Crippen molar-refractivity contribution in [2.45, 2.75) is 31.5 Å². The van der Waals surface area contributed by atoms with Gasteiger partial charge in [-0.1, -0.05) is 0 Å². The maximum atomic E-state index is 11.7. The number of aliphatic carboxylic acids is 1. The molecule has 18 heavy (non-hydrogen) atoms. The molecule has 108 valence electrons. The standard InChI is InChI=1S/C10H16F3NO3.ClH/c11-10(12,13)7-17-6-2-5-14-4-1-3-8(14)9(15)16;/h8H,1-7H2,(H,15,16);1H. The zero-order valence-electron chi connectivity index (χ0n) is 9.78. The third-order valence-electron chi connectivity index (χ3n) is 2.65. The highest BCUT2D eigenvalue weighted by atomic mass is 35.5. The lowest BCUT2D eigenvalue weighted by Gasteiger charge is -2.20. The molecule has 1 unspecified atom stereocenters. The molecule has 1 aliphatic heterocycles. The summed E-state index contributed by atoms with van der Waals surface area (Å²) in [6, 6.07) is -0.488. The fourth-order valence-corrected chi connectivity index (χ4v) is 1.93. The number of nitrogens with zero attached hydrogens (tertiary/aromatic N) is 1. The Balaban J connectivity index is 0.00000289. The van der Waals surface area contributed by atoms with Crippen LogP contribution in [0.3, 0.4) is 0 Å². The lowest BCUT2D eigenvalue weighted by atomic mass is 10.2. The summed E-state index contributed by atoms with van der Waals surface area (Å²) in [4.78, 5) is 12.6. The van der Waals surface area contributed by atoms with E-state index in [2.05, 4.69) is 4.74 Å². The van der Waals surface area contributed by atoms with E-state index in [9.17, 15) is 18.0 Å². The molecule has 1 fully saturated rings. The first-order valence-electron chi connectivity index (χ1n) is 5.51. The van der Waals surface area contributed by atoms with E-state index in [-0.39, 0.29) is 19.0 Å². The van der Waals surface area contributed by atoms with E-state index < -0.39 is 24.8 Å². The molecule has 0 bridgehead atoms. The van der Waals surface area contributed by atoms with Crippen molar-refractivity contribution in [2.75, 3.05) is 26.3 Å². The SMILES string of the molecule is Cl.O=C(O)C1CCCN1CCCOCC(F)(F)F. The van der Waals surface area contributed by atoms with E-state index in [0.717, 1.165) is 6.42 Å². The Bertz CT molecular complexity index is 263. The highest BCUT2D eigenvalue weighted by Crippen LogP contribution is 2.18. The van der Waals surface area contributed by atoms with Gasteiger partial charge in [0.05, 0.1) is 0 Å². The van der Waals surface area contributed by atoms with E-state index >= 15 is 0 Å². The highest BCUT2D eigenvalue weighted by molar-refractivity contribution is 5.85. The van der Waals surface area contributed by atoms with Crippen molar-refractivity contribution >= 4 is 18.4 Å². The Kier molecular flexibility index (Phi) is 7.58. The van der Waals surface area contributed by atoms with Crippen LogP contribution in [0.1, 0.15) is 19.3 Å². The Hall–Kier alpha value is -0.530. The molecule has 0 aromatic rings. The number of halogens is 4. The number of carboxylic acids is 1. The van der Waals surface area contributed by atoms with Crippen molar-refractivity contribution in [3.63, 3.8) is 0 Å². The fourth-order valence-electron chi connectivity index (χ4n) is 1.93. The topological polar surface area (TPSA) is 49.8 Å². The minimum absolute atomic E-state index is 0. The van der Waals surface area contributed by atoms with Gasteiger partial charge in [0.25, 0.3) is 0 Å². The van der Waals surface area contributed by atoms with Gasteiger partial charge in [-0.25, -0.2) is 0 Å². The van der Waals surface area contributed by atoms with Crippen LogP contribution >= 0.6 is 12.4 Å². The van der Waals surface area contributed by atoms with Crippen molar-refractivity contribution in [3.05, 3.63) is 0 Å². The van der Waals surface area contributed by atoms with Crippen molar-refractivity contribution in [1.29, 1.82) is 0 Å². The molecule has 1 atom stereocenters. The molecule has 0 aliphatic carbocycles. The largest absolute Gasteiger partial charge is 0.480 e. The average Bonchev–Trinajstić information content (AvgIpc) is 2.63. The average molecular weight is 292 g/mol. The van der Waals surface area contributed by atoms with Gasteiger partial charge in [0.2, 0.25) is 0 Å². The predicted octanol–water partition coefficient (Wildman–Crippen LogP) is 1.93. The van der Waals surface area contributed by atoms with Crippen molar-refractivity contribution in [3.8, 4) is 0 Å². The molecule has 1 rings (SSSR count). The van der Waals surface area contributed by atoms with Crippen LogP contribution in [-0.4, -0.2) is 54.5 Å². The van der Waals surface area contributed by atoms with E-state index in [0.29, 0.717) is 25.9 Å². The van der Waals surface area contributed by atoms with Crippen LogP contribution in [0, 0.1) is 0 Å². The summed E-state index contributed by atoms with van der Waals surface area (Å²) in [5, 5.41) is 8.87. The van der Waals surface area contributed by atoms with Crippen LogP contribution in [0.4, 0.5) is 13.2 Å². The van der Waals surface area contributed by atoms with Crippen LogP contribution in [-0.2, 0) is 9.53 Å². The van der Waals surface area contributed by atoms with E-state index in [1.165, 1.54) is 0 Å². The van der Waals surface area contributed by atoms with Gasteiger partial charge in [0.1, 0.15) is 12.6 Å². The zero-order valence-corrected chi connectivity index (χ0v) is 10.6. The number of rotatable bonds is 6. The predicted molar refractivity (Wildman–Crippen MR) is 61.0 cm³/mol. The highest BCUT2D eigenvalue weighted by Gasteiger charge is 2.30. The number of hydrogen-bond acceptors (Lipinski definition) is 3. The van der Waals surface area contributed by atoms with Crippen LogP contribution in [0.2, 0.25) is 0 Å². The molecule has 8 heteroatoms. The Morgan fingerprint density at radius 3 is 2.67 bits per heavy atom.